The van der Waals surface area contributed by atoms with E-state index < -0.39 is 0 Å². The predicted octanol–water partition coefficient (Wildman–Crippen LogP) is 3.86. The Morgan fingerprint density at radius 3 is 2.94 bits per heavy atom. The molecule has 1 unspecified atom stereocenters. The number of anilines is 1. The molecule has 3 rings (SSSR count). The van der Waals surface area contributed by atoms with Crippen LogP contribution in [0.4, 0.5) is 5.69 Å². The minimum absolute atomic E-state index is 0.402. The number of hydrogen-bond acceptors (Lipinski definition) is 2. The summed E-state index contributed by atoms with van der Waals surface area (Å²) in [4.78, 5) is 7.72. The Labute approximate surface area is 108 Å². The molecule has 96 valence electrons. The van der Waals surface area contributed by atoms with E-state index in [-0.39, 0.29) is 0 Å². The van der Waals surface area contributed by atoms with Crippen molar-refractivity contribution < 1.29 is 0 Å². The third-order valence-electron chi connectivity index (χ3n) is 4.20. The van der Waals surface area contributed by atoms with Crippen molar-refractivity contribution in [1.82, 2.24) is 9.97 Å². The van der Waals surface area contributed by atoms with Gasteiger partial charge in [-0.1, -0.05) is 20.3 Å². The lowest BCUT2D eigenvalue weighted by Gasteiger charge is -2.28. The molecule has 1 atom stereocenters. The minimum Gasteiger partial charge on any atom is -0.382 e. The first-order chi connectivity index (χ1) is 8.54. The summed E-state index contributed by atoms with van der Waals surface area (Å²) in [6.07, 6.45) is 3.92. The van der Waals surface area contributed by atoms with Gasteiger partial charge in [-0.25, -0.2) is 4.98 Å². The molecule has 0 saturated heterocycles. The first kappa shape index (κ1) is 11.6. The Bertz CT molecular complexity index is 568. The third-order valence-corrected chi connectivity index (χ3v) is 4.20. The van der Waals surface area contributed by atoms with Gasteiger partial charge in [0.15, 0.2) is 0 Å². The number of nitrogens with zero attached hydrogens (tertiary/aromatic N) is 1. The molecule has 1 aromatic carbocycles. The lowest BCUT2D eigenvalue weighted by atomic mass is 9.87. The van der Waals surface area contributed by atoms with Crippen LogP contribution in [0.3, 0.4) is 0 Å². The van der Waals surface area contributed by atoms with Gasteiger partial charge in [0.1, 0.15) is 5.82 Å². The number of H-pyrrole nitrogens is 1. The molecule has 1 saturated carbocycles. The summed E-state index contributed by atoms with van der Waals surface area (Å²) >= 11 is 0. The maximum atomic E-state index is 4.43. The highest BCUT2D eigenvalue weighted by molar-refractivity contribution is 5.79. The van der Waals surface area contributed by atoms with Crippen LogP contribution in [0.5, 0.6) is 0 Å². The molecular weight excluding hydrogens is 222 g/mol. The number of hydrogen-bond donors (Lipinski definition) is 2. The summed E-state index contributed by atoms with van der Waals surface area (Å²) in [6.45, 7) is 6.71. The van der Waals surface area contributed by atoms with Gasteiger partial charge in [-0.2, -0.15) is 0 Å². The highest BCUT2D eigenvalue weighted by atomic mass is 15.0. The molecule has 1 heterocycles. The fraction of sp³-hybridized carbons (Fsp3) is 0.533. The van der Waals surface area contributed by atoms with Crippen LogP contribution >= 0.6 is 0 Å². The second kappa shape index (κ2) is 4.01. The molecule has 1 aliphatic rings. The molecule has 2 aromatic rings. The van der Waals surface area contributed by atoms with Crippen LogP contribution in [-0.2, 0) is 0 Å². The quantitative estimate of drug-likeness (QED) is 0.840. The van der Waals surface area contributed by atoms with Gasteiger partial charge in [-0.05, 0) is 43.4 Å². The predicted molar refractivity (Wildman–Crippen MR) is 75.9 cm³/mol. The largest absolute Gasteiger partial charge is 0.382 e. The number of aromatic amines is 1. The number of benzene rings is 1. The molecule has 1 fully saturated rings. The number of aromatic nitrogens is 2. The van der Waals surface area contributed by atoms with E-state index in [2.05, 4.69) is 47.3 Å². The van der Waals surface area contributed by atoms with Crippen molar-refractivity contribution >= 4 is 16.7 Å². The Kier molecular flexibility index (Phi) is 2.58. The van der Waals surface area contributed by atoms with E-state index in [0.29, 0.717) is 11.5 Å². The Balaban J connectivity index is 1.86. The van der Waals surface area contributed by atoms with Crippen molar-refractivity contribution in [2.75, 3.05) is 5.32 Å². The standard InChI is InChI=1S/C15H21N3/c1-10-16-12-7-6-11(9-13(12)17-10)18-14-5-4-8-15(14,2)3/h6-7,9,14,18H,4-5,8H2,1-3H3,(H,16,17). The minimum atomic E-state index is 0.402. The third kappa shape index (κ3) is 1.98. The van der Waals surface area contributed by atoms with Gasteiger partial charge in [0.25, 0.3) is 0 Å². The summed E-state index contributed by atoms with van der Waals surface area (Å²) in [5.41, 5.74) is 3.77. The molecule has 0 spiro atoms. The summed E-state index contributed by atoms with van der Waals surface area (Å²) in [7, 11) is 0. The van der Waals surface area contributed by atoms with Crippen molar-refractivity contribution in [3.8, 4) is 0 Å². The van der Waals surface area contributed by atoms with Crippen LogP contribution in [0, 0.1) is 12.3 Å². The summed E-state index contributed by atoms with van der Waals surface area (Å²) in [5.74, 6) is 0.975. The highest BCUT2D eigenvalue weighted by Gasteiger charge is 2.34. The van der Waals surface area contributed by atoms with E-state index in [1.165, 1.54) is 24.9 Å². The average Bonchev–Trinajstić information content (AvgIpc) is 2.81. The van der Waals surface area contributed by atoms with E-state index >= 15 is 0 Å². The van der Waals surface area contributed by atoms with Crippen LogP contribution in [0.25, 0.3) is 11.0 Å². The van der Waals surface area contributed by atoms with Crippen molar-refractivity contribution in [1.29, 1.82) is 0 Å². The summed E-state index contributed by atoms with van der Waals surface area (Å²) < 4.78 is 0. The van der Waals surface area contributed by atoms with Gasteiger partial charge >= 0.3 is 0 Å². The van der Waals surface area contributed by atoms with Crippen LogP contribution < -0.4 is 5.32 Å². The zero-order valence-electron chi connectivity index (χ0n) is 11.4. The molecule has 3 nitrogen and oxygen atoms in total. The molecule has 2 N–H and O–H groups in total. The lowest BCUT2D eigenvalue weighted by Crippen LogP contribution is -2.30. The van der Waals surface area contributed by atoms with E-state index in [9.17, 15) is 0 Å². The molecule has 18 heavy (non-hydrogen) atoms. The number of nitrogens with one attached hydrogen (secondary N) is 2. The lowest BCUT2D eigenvalue weighted by molar-refractivity contribution is 0.350. The van der Waals surface area contributed by atoms with Crippen molar-refractivity contribution in [2.45, 2.75) is 46.1 Å². The molecule has 0 bridgehead atoms. The highest BCUT2D eigenvalue weighted by Crippen LogP contribution is 2.39. The van der Waals surface area contributed by atoms with Gasteiger partial charge in [0.05, 0.1) is 11.0 Å². The summed E-state index contributed by atoms with van der Waals surface area (Å²) in [5, 5.41) is 3.68. The average molecular weight is 243 g/mol. The Hall–Kier alpha value is -1.51. The van der Waals surface area contributed by atoms with Gasteiger partial charge in [-0.3, -0.25) is 0 Å². The van der Waals surface area contributed by atoms with E-state index in [1.807, 2.05) is 6.92 Å². The van der Waals surface area contributed by atoms with Gasteiger partial charge < -0.3 is 10.3 Å². The van der Waals surface area contributed by atoms with Crippen LogP contribution in [-0.4, -0.2) is 16.0 Å². The second-order valence-electron chi connectivity index (χ2n) is 6.13. The second-order valence-corrected chi connectivity index (χ2v) is 6.13. The fourth-order valence-corrected chi connectivity index (χ4v) is 3.02. The van der Waals surface area contributed by atoms with E-state index in [4.69, 9.17) is 0 Å². The van der Waals surface area contributed by atoms with Crippen LogP contribution in [0.15, 0.2) is 18.2 Å². The number of fused-ring (bicyclic) bond motifs is 1. The smallest absolute Gasteiger partial charge is 0.104 e. The van der Waals surface area contributed by atoms with Gasteiger partial charge in [-0.15, -0.1) is 0 Å². The SMILES string of the molecule is Cc1nc2ccc(NC3CCCC3(C)C)cc2[nH]1. The first-order valence-electron chi connectivity index (χ1n) is 6.77. The normalized spacial score (nSPS) is 22.5. The number of aryl methyl sites for hydroxylation is 1. The van der Waals surface area contributed by atoms with Crippen LogP contribution in [0.2, 0.25) is 0 Å². The topological polar surface area (TPSA) is 40.7 Å². The number of rotatable bonds is 2. The van der Waals surface area contributed by atoms with Crippen LogP contribution in [0.1, 0.15) is 38.9 Å². The van der Waals surface area contributed by atoms with Crippen molar-refractivity contribution in [2.24, 2.45) is 5.41 Å². The number of imidazole rings is 1. The molecular formula is C15H21N3. The van der Waals surface area contributed by atoms with Gasteiger partial charge in [0.2, 0.25) is 0 Å². The fourth-order valence-electron chi connectivity index (χ4n) is 3.02. The first-order valence-corrected chi connectivity index (χ1v) is 6.77. The molecule has 0 radical (unpaired) electrons. The Morgan fingerprint density at radius 2 is 2.22 bits per heavy atom. The zero-order valence-corrected chi connectivity index (χ0v) is 11.4. The molecule has 0 aliphatic heterocycles. The molecule has 0 amide bonds. The Morgan fingerprint density at radius 1 is 1.39 bits per heavy atom. The maximum absolute atomic E-state index is 4.43. The maximum Gasteiger partial charge on any atom is 0.104 e. The van der Waals surface area contributed by atoms with E-state index in [0.717, 1.165) is 16.9 Å². The molecule has 3 heteroatoms. The zero-order chi connectivity index (χ0) is 12.8. The molecule has 1 aliphatic carbocycles. The van der Waals surface area contributed by atoms with E-state index in [1.54, 1.807) is 0 Å². The van der Waals surface area contributed by atoms with Crippen molar-refractivity contribution in [3.05, 3.63) is 24.0 Å². The summed E-state index contributed by atoms with van der Waals surface area (Å²) in [6, 6.07) is 6.98. The van der Waals surface area contributed by atoms with Gasteiger partial charge in [0, 0.05) is 11.7 Å². The monoisotopic (exact) mass is 243 g/mol. The molecule has 1 aromatic heterocycles. The van der Waals surface area contributed by atoms with Crippen molar-refractivity contribution in [3.63, 3.8) is 0 Å².